The van der Waals surface area contributed by atoms with Crippen molar-refractivity contribution in [3.8, 4) is 0 Å². The van der Waals surface area contributed by atoms with Crippen LogP contribution in [-0.2, 0) is 9.47 Å². The summed E-state index contributed by atoms with van der Waals surface area (Å²) in [5.41, 5.74) is 2.42. The molecule has 1 aliphatic heterocycles. The van der Waals surface area contributed by atoms with E-state index in [9.17, 15) is 0 Å². The number of rotatable bonds is 7. The van der Waals surface area contributed by atoms with Crippen LogP contribution in [0.2, 0.25) is 0 Å². The molecule has 0 radical (unpaired) electrons. The van der Waals surface area contributed by atoms with Crippen molar-refractivity contribution in [3.05, 3.63) is 23.8 Å². The summed E-state index contributed by atoms with van der Waals surface area (Å²) >= 11 is 0. The highest BCUT2D eigenvalue weighted by atomic mass is 16.5. The molecule has 0 aromatic rings. The summed E-state index contributed by atoms with van der Waals surface area (Å²) in [4.78, 5) is 0. The molecule has 0 aliphatic carbocycles. The second-order valence-corrected chi connectivity index (χ2v) is 3.89. The van der Waals surface area contributed by atoms with Crippen molar-refractivity contribution in [1.29, 1.82) is 0 Å². The van der Waals surface area contributed by atoms with E-state index in [-0.39, 0.29) is 0 Å². The van der Waals surface area contributed by atoms with Crippen LogP contribution in [0.15, 0.2) is 23.8 Å². The Morgan fingerprint density at radius 2 is 2.53 bits per heavy atom. The Balaban J connectivity index is 1.92. The molecule has 0 saturated carbocycles. The van der Waals surface area contributed by atoms with Crippen molar-refractivity contribution in [3.63, 3.8) is 0 Å². The molecule has 0 saturated heterocycles. The standard InChI is InChI=1S/C12H21NO2/c1-11(2)9-15-7-5-13-8-12-4-3-6-14-10-12/h4,13H,1,3,5-10H2,2H3. The Morgan fingerprint density at radius 3 is 3.20 bits per heavy atom. The van der Waals surface area contributed by atoms with Crippen LogP contribution in [0.3, 0.4) is 0 Å². The third-order valence-corrected chi connectivity index (χ3v) is 2.11. The van der Waals surface area contributed by atoms with E-state index in [1.807, 2.05) is 6.92 Å². The molecular weight excluding hydrogens is 190 g/mol. The maximum atomic E-state index is 5.37. The fraction of sp³-hybridized carbons (Fsp3) is 0.667. The topological polar surface area (TPSA) is 30.5 Å². The molecule has 0 bridgehead atoms. The first-order valence-corrected chi connectivity index (χ1v) is 5.47. The lowest BCUT2D eigenvalue weighted by atomic mass is 10.2. The summed E-state index contributed by atoms with van der Waals surface area (Å²) in [5.74, 6) is 0. The molecule has 0 unspecified atom stereocenters. The molecule has 0 spiro atoms. The summed E-state index contributed by atoms with van der Waals surface area (Å²) in [5, 5.41) is 3.33. The van der Waals surface area contributed by atoms with Gasteiger partial charge in [-0.1, -0.05) is 18.2 Å². The van der Waals surface area contributed by atoms with Gasteiger partial charge in [-0.2, -0.15) is 0 Å². The summed E-state index contributed by atoms with van der Waals surface area (Å²) in [6.45, 7) is 10.6. The average Bonchev–Trinajstić information content (AvgIpc) is 2.24. The van der Waals surface area contributed by atoms with E-state index in [4.69, 9.17) is 9.47 Å². The zero-order valence-electron chi connectivity index (χ0n) is 9.55. The Kier molecular flexibility index (Phi) is 6.32. The lowest BCUT2D eigenvalue weighted by Crippen LogP contribution is -2.25. The van der Waals surface area contributed by atoms with Crippen molar-refractivity contribution in [2.45, 2.75) is 13.3 Å². The van der Waals surface area contributed by atoms with E-state index in [1.165, 1.54) is 5.57 Å². The van der Waals surface area contributed by atoms with Gasteiger partial charge in [-0.15, -0.1) is 0 Å². The minimum Gasteiger partial charge on any atom is -0.377 e. The molecule has 0 amide bonds. The molecular formula is C12H21NO2. The molecule has 0 aromatic carbocycles. The number of hydrogen-bond donors (Lipinski definition) is 1. The Bertz CT molecular complexity index is 224. The van der Waals surface area contributed by atoms with Gasteiger partial charge in [0.1, 0.15) is 0 Å². The van der Waals surface area contributed by atoms with Gasteiger partial charge in [0.2, 0.25) is 0 Å². The molecule has 1 aliphatic rings. The zero-order chi connectivity index (χ0) is 10.9. The van der Waals surface area contributed by atoms with Crippen LogP contribution >= 0.6 is 0 Å². The normalized spacial score (nSPS) is 16.2. The molecule has 1 rings (SSSR count). The van der Waals surface area contributed by atoms with E-state index < -0.39 is 0 Å². The summed E-state index contributed by atoms with van der Waals surface area (Å²) in [6, 6.07) is 0. The lowest BCUT2D eigenvalue weighted by Gasteiger charge is -2.14. The minimum atomic E-state index is 0.660. The molecule has 86 valence electrons. The van der Waals surface area contributed by atoms with Crippen molar-refractivity contribution >= 4 is 0 Å². The van der Waals surface area contributed by atoms with Crippen LogP contribution in [0.1, 0.15) is 13.3 Å². The Labute approximate surface area is 92.1 Å². The Hall–Kier alpha value is -0.640. The number of hydrogen-bond acceptors (Lipinski definition) is 3. The van der Waals surface area contributed by atoms with E-state index in [0.717, 1.165) is 44.9 Å². The fourth-order valence-corrected chi connectivity index (χ4v) is 1.37. The molecule has 0 aromatic heterocycles. The first-order valence-electron chi connectivity index (χ1n) is 5.47. The van der Waals surface area contributed by atoms with Gasteiger partial charge in [0, 0.05) is 13.1 Å². The van der Waals surface area contributed by atoms with E-state index >= 15 is 0 Å². The molecule has 1 heterocycles. The van der Waals surface area contributed by atoms with Gasteiger partial charge in [-0.3, -0.25) is 0 Å². The predicted octanol–water partition coefficient (Wildman–Crippen LogP) is 1.52. The van der Waals surface area contributed by atoms with Gasteiger partial charge < -0.3 is 14.8 Å². The quantitative estimate of drug-likeness (QED) is 0.511. The van der Waals surface area contributed by atoms with Gasteiger partial charge >= 0.3 is 0 Å². The van der Waals surface area contributed by atoms with Crippen molar-refractivity contribution in [2.24, 2.45) is 0 Å². The maximum Gasteiger partial charge on any atom is 0.0689 e. The third-order valence-electron chi connectivity index (χ3n) is 2.11. The first-order chi connectivity index (χ1) is 7.29. The smallest absolute Gasteiger partial charge is 0.0689 e. The van der Waals surface area contributed by atoms with Crippen LogP contribution in [0, 0.1) is 0 Å². The average molecular weight is 211 g/mol. The molecule has 15 heavy (non-hydrogen) atoms. The van der Waals surface area contributed by atoms with E-state index in [0.29, 0.717) is 6.61 Å². The summed E-state index contributed by atoms with van der Waals surface area (Å²) in [7, 11) is 0. The van der Waals surface area contributed by atoms with Gasteiger partial charge in [-0.05, 0) is 18.9 Å². The maximum absolute atomic E-state index is 5.37. The van der Waals surface area contributed by atoms with E-state index in [2.05, 4.69) is 18.0 Å². The largest absolute Gasteiger partial charge is 0.377 e. The van der Waals surface area contributed by atoms with Crippen molar-refractivity contribution in [1.82, 2.24) is 5.32 Å². The second kappa shape index (κ2) is 7.63. The van der Waals surface area contributed by atoms with Gasteiger partial charge in [0.05, 0.1) is 26.4 Å². The first kappa shape index (κ1) is 12.4. The van der Waals surface area contributed by atoms with Gasteiger partial charge in [-0.25, -0.2) is 0 Å². The Morgan fingerprint density at radius 1 is 1.67 bits per heavy atom. The zero-order valence-corrected chi connectivity index (χ0v) is 9.55. The van der Waals surface area contributed by atoms with Gasteiger partial charge in [0.15, 0.2) is 0 Å². The van der Waals surface area contributed by atoms with Crippen LogP contribution in [0.25, 0.3) is 0 Å². The highest BCUT2D eigenvalue weighted by molar-refractivity contribution is 5.06. The number of ether oxygens (including phenoxy) is 2. The highest BCUT2D eigenvalue weighted by Crippen LogP contribution is 2.03. The van der Waals surface area contributed by atoms with Crippen LogP contribution in [0.4, 0.5) is 0 Å². The number of nitrogens with one attached hydrogen (secondary N) is 1. The molecule has 3 heteroatoms. The highest BCUT2D eigenvalue weighted by Gasteiger charge is 2.02. The van der Waals surface area contributed by atoms with Crippen LogP contribution < -0.4 is 5.32 Å². The molecule has 0 fully saturated rings. The monoisotopic (exact) mass is 211 g/mol. The van der Waals surface area contributed by atoms with Gasteiger partial charge in [0.25, 0.3) is 0 Å². The summed E-state index contributed by atoms with van der Waals surface area (Å²) in [6.07, 6.45) is 3.30. The summed E-state index contributed by atoms with van der Waals surface area (Å²) < 4.78 is 10.7. The molecule has 3 nitrogen and oxygen atoms in total. The minimum absolute atomic E-state index is 0.660. The molecule has 0 atom stereocenters. The fourth-order valence-electron chi connectivity index (χ4n) is 1.37. The van der Waals surface area contributed by atoms with Crippen molar-refractivity contribution in [2.75, 3.05) is 39.5 Å². The second-order valence-electron chi connectivity index (χ2n) is 3.89. The van der Waals surface area contributed by atoms with Crippen molar-refractivity contribution < 1.29 is 9.47 Å². The third kappa shape index (κ3) is 6.44. The molecule has 1 N–H and O–H groups in total. The predicted molar refractivity (Wildman–Crippen MR) is 62.0 cm³/mol. The lowest BCUT2D eigenvalue weighted by molar-refractivity contribution is 0.145. The van der Waals surface area contributed by atoms with Crippen LogP contribution in [0.5, 0.6) is 0 Å². The van der Waals surface area contributed by atoms with Crippen LogP contribution in [-0.4, -0.2) is 39.5 Å². The van der Waals surface area contributed by atoms with E-state index in [1.54, 1.807) is 0 Å². The SMILES string of the molecule is C=C(C)COCCNCC1=CCCOC1.